The molecule has 0 aromatic heterocycles. The van der Waals surface area contributed by atoms with Gasteiger partial charge in [-0.25, -0.2) is 0 Å². The fourth-order valence-corrected chi connectivity index (χ4v) is 5.85. The van der Waals surface area contributed by atoms with Crippen LogP contribution in [0.5, 0.6) is 23.0 Å². The molecule has 0 heterocycles. The lowest BCUT2D eigenvalue weighted by Crippen LogP contribution is -2.58. The number of phenols is 4. The van der Waals surface area contributed by atoms with Crippen molar-refractivity contribution in [1.29, 1.82) is 0 Å². The van der Waals surface area contributed by atoms with E-state index in [9.17, 15) is 69.6 Å². The molecule has 2 aromatic rings. The minimum absolute atomic E-state index is 0.0378. The summed E-state index contributed by atoms with van der Waals surface area (Å²) in [5, 5.41) is 80.9. The summed E-state index contributed by atoms with van der Waals surface area (Å²) in [5.74, 6) is -5.34. The van der Waals surface area contributed by atoms with Crippen LogP contribution in [-0.4, -0.2) is 107 Å². The number of nitrogens with zero attached hydrogens (tertiary/aromatic N) is 2. The summed E-state index contributed by atoms with van der Waals surface area (Å²) in [4.78, 5) is 42.1. The monoisotopic (exact) mass is 640 g/mol. The van der Waals surface area contributed by atoms with Crippen LogP contribution < -0.4 is 0 Å². The molecule has 2 rings (SSSR count). The summed E-state index contributed by atoms with van der Waals surface area (Å²) >= 11 is 0. The van der Waals surface area contributed by atoms with E-state index in [0.717, 1.165) is 47.9 Å². The average molecular weight is 641 g/mol. The minimum Gasteiger partial charge on any atom is -0.508 e. The highest BCUT2D eigenvalue weighted by Gasteiger charge is 2.43. The highest BCUT2D eigenvalue weighted by Crippen LogP contribution is 2.47. The second-order valence-electron chi connectivity index (χ2n) is 9.82. The highest BCUT2D eigenvalue weighted by molar-refractivity contribution is 7.52. The van der Waals surface area contributed by atoms with Gasteiger partial charge in [-0.3, -0.25) is 18.9 Å². The lowest BCUT2D eigenvalue weighted by Gasteiger charge is -2.45. The number of phenolic OH excluding ortho intramolecular Hbond substituents is 2. The van der Waals surface area contributed by atoms with Crippen LogP contribution in [0.15, 0.2) is 24.3 Å². The molecule has 42 heavy (non-hydrogen) atoms. The molecule has 0 saturated carbocycles. The summed E-state index contributed by atoms with van der Waals surface area (Å²) < 4.78 is 24.8. The van der Waals surface area contributed by atoms with E-state index in [1.165, 1.54) is 0 Å². The molecule has 0 aliphatic carbocycles. The van der Waals surface area contributed by atoms with Crippen LogP contribution in [0.4, 0.5) is 0 Å². The van der Waals surface area contributed by atoms with Gasteiger partial charge in [0.15, 0.2) is 0 Å². The molecule has 238 valence electrons. The maximum absolute atomic E-state index is 12.4. The SMILES string of the molecule is CC(N(Cc1cc(O)c(CO)cc1O)C(CO)C(CO)N(Cc1cc(CO)c(O)cc1O)C(C)P(=O)(O)O)P(=O)(O)O. The summed E-state index contributed by atoms with van der Waals surface area (Å²) in [6.07, 6.45) is 0. The van der Waals surface area contributed by atoms with Gasteiger partial charge < -0.3 is 60.4 Å². The van der Waals surface area contributed by atoms with Gasteiger partial charge in [0.05, 0.1) is 38.5 Å². The van der Waals surface area contributed by atoms with Crippen LogP contribution in [0, 0.1) is 0 Å². The van der Waals surface area contributed by atoms with Crippen LogP contribution in [-0.2, 0) is 35.4 Å². The van der Waals surface area contributed by atoms with Crippen LogP contribution in [0.25, 0.3) is 0 Å². The number of aliphatic hydroxyl groups excluding tert-OH is 4. The summed E-state index contributed by atoms with van der Waals surface area (Å²) in [6, 6.07) is 1.12. The van der Waals surface area contributed by atoms with E-state index in [-0.39, 0.29) is 22.3 Å². The van der Waals surface area contributed by atoms with Gasteiger partial charge in [0, 0.05) is 41.4 Å². The predicted molar refractivity (Wildman–Crippen MR) is 147 cm³/mol. The molecule has 0 spiro atoms. The molecule has 16 nitrogen and oxygen atoms in total. The zero-order chi connectivity index (χ0) is 32.2. The largest absolute Gasteiger partial charge is 0.508 e. The first kappa shape index (κ1) is 35.9. The van der Waals surface area contributed by atoms with Gasteiger partial charge in [0.2, 0.25) is 0 Å². The van der Waals surface area contributed by atoms with E-state index >= 15 is 0 Å². The number of hydrogen-bond donors (Lipinski definition) is 12. The molecule has 0 aliphatic heterocycles. The molecule has 0 radical (unpaired) electrons. The van der Waals surface area contributed by atoms with Crippen molar-refractivity contribution in [2.45, 2.75) is 63.8 Å². The Morgan fingerprint density at radius 2 is 0.881 bits per heavy atom. The van der Waals surface area contributed by atoms with Crippen molar-refractivity contribution in [3.8, 4) is 23.0 Å². The molecule has 4 atom stereocenters. The van der Waals surface area contributed by atoms with Crippen molar-refractivity contribution in [2.24, 2.45) is 0 Å². The maximum Gasteiger partial charge on any atom is 0.342 e. The average Bonchev–Trinajstić information content (AvgIpc) is 2.90. The molecule has 0 saturated heterocycles. The van der Waals surface area contributed by atoms with E-state index in [2.05, 4.69) is 0 Å². The van der Waals surface area contributed by atoms with E-state index in [0.29, 0.717) is 0 Å². The second-order valence-corrected chi connectivity index (χ2v) is 13.7. The maximum atomic E-state index is 12.4. The van der Waals surface area contributed by atoms with Gasteiger partial charge in [-0.1, -0.05) is 0 Å². The Bertz CT molecular complexity index is 1320. The zero-order valence-corrected chi connectivity index (χ0v) is 24.6. The third kappa shape index (κ3) is 8.41. The molecular weight excluding hydrogens is 602 g/mol. The first-order chi connectivity index (χ1) is 19.4. The van der Waals surface area contributed by atoms with Crippen molar-refractivity contribution in [3.63, 3.8) is 0 Å². The van der Waals surface area contributed by atoms with Crippen molar-refractivity contribution in [2.75, 3.05) is 13.2 Å². The van der Waals surface area contributed by atoms with Gasteiger partial charge in [-0.2, -0.15) is 0 Å². The van der Waals surface area contributed by atoms with Crippen LogP contribution in [0.1, 0.15) is 36.1 Å². The quantitative estimate of drug-likeness (QED) is 0.0868. The first-order valence-electron chi connectivity index (χ1n) is 12.5. The van der Waals surface area contributed by atoms with E-state index in [4.69, 9.17) is 0 Å². The Hall–Kier alpha value is -2.30. The smallest absolute Gasteiger partial charge is 0.342 e. The Morgan fingerprint density at radius 1 is 0.571 bits per heavy atom. The standard InChI is InChI=1S/C24H38N2O14P2/c1-13(41(35,36)37)25(7-15-3-17(9-27)24(34)6-23(15)33)19(11-29)20(12-30)26(14(2)42(38,39)40)8-16-4-22(32)18(10-28)5-21(16)31/h3-6,13-14,19-20,27-34H,7-12H2,1-2H3,(H2,35,36,37)(H2,38,39,40). The topological polar surface area (TPSA) is 283 Å². The summed E-state index contributed by atoms with van der Waals surface area (Å²) in [5.41, 5.74) is -0.234. The molecule has 12 N–H and O–H groups in total. The molecule has 0 amide bonds. The Labute approximate surface area is 241 Å². The van der Waals surface area contributed by atoms with E-state index in [1.807, 2.05) is 0 Å². The van der Waals surface area contributed by atoms with Crippen LogP contribution in [0.2, 0.25) is 0 Å². The fraction of sp³-hybridized carbons (Fsp3) is 0.500. The lowest BCUT2D eigenvalue weighted by atomic mass is 10.0. The number of hydrogen-bond acceptors (Lipinski definition) is 12. The minimum atomic E-state index is -5.01. The van der Waals surface area contributed by atoms with E-state index in [1.54, 1.807) is 0 Å². The number of rotatable bonds is 15. The fourth-order valence-electron chi connectivity index (χ4n) is 4.57. The number of aliphatic hydroxyl groups is 4. The zero-order valence-electron chi connectivity index (χ0n) is 22.8. The molecule has 4 unspecified atom stereocenters. The summed E-state index contributed by atoms with van der Waals surface area (Å²) in [6.45, 7) is -2.08. The Morgan fingerprint density at radius 3 is 1.26 bits per heavy atom. The number of aromatic hydroxyl groups is 4. The molecule has 0 bridgehead atoms. The third-order valence-corrected chi connectivity index (χ3v) is 9.75. The van der Waals surface area contributed by atoms with Gasteiger partial charge in [0.25, 0.3) is 0 Å². The number of benzene rings is 2. The lowest BCUT2D eigenvalue weighted by molar-refractivity contribution is -0.00909. The Balaban J connectivity index is 2.72. The van der Waals surface area contributed by atoms with Crippen LogP contribution >= 0.6 is 15.2 Å². The van der Waals surface area contributed by atoms with Crippen molar-refractivity contribution >= 4 is 15.2 Å². The highest BCUT2D eigenvalue weighted by atomic mass is 31.2. The van der Waals surface area contributed by atoms with Crippen molar-refractivity contribution in [1.82, 2.24) is 9.80 Å². The van der Waals surface area contributed by atoms with Gasteiger partial charge >= 0.3 is 15.2 Å². The summed E-state index contributed by atoms with van der Waals surface area (Å²) in [7, 11) is -10.0. The Kier molecular flexibility index (Phi) is 12.3. The first-order valence-corrected chi connectivity index (χ1v) is 15.9. The van der Waals surface area contributed by atoms with Gasteiger partial charge in [-0.15, -0.1) is 0 Å². The molecule has 0 aliphatic rings. The van der Waals surface area contributed by atoms with Crippen LogP contribution in [0.3, 0.4) is 0 Å². The van der Waals surface area contributed by atoms with Gasteiger partial charge in [-0.05, 0) is 32.0 Å². The molecule has 2 aromatic carbocycles. The molecule has 0 fully saturated rings. The normalized spacial score (nSPS) is 15.6. The molecule has 18 heteroatoms. The van der Waals surface area contributed by atoms with Crippen molar-refractivity contribution in [3.05, 3.63) is 46.5 Å². The molecular formula is C24H38N2O14P2. The predicted octanol–water partition coefficient (Wildman–Crippen LogP) is -0.433. The second kappa shape index (κ2) is 14.4. The van der Waals surface area contributed by atoms with Crippen molar-refractivity contribution < 1.29 is 69.6 Å². The van der Waals surface area contributed by atoms with Gasteiger partial charge in [0.1, 0.15) is 34.6 Å². The van der Waals surface area contributed by atoms with E-state index < -0.39 is 101 Å². The third-order valence-electron chi connectivity index (χ3n) is 7.21.